The smallest absolute Gasteiger partial charge is 0.138 e. The molecule has 0 fully saturated rings. The molecule has 0 amide bonds. The second kappa shape index (κ2) is 9.03. The molecule has 0 saturated heterocycles. The summed E-state index contributed by atoms with van der Waals surface area (Å²) >= 11 is 0. The number of hydrogen-bond donors (Lipinski definition) is 0. The quantitative estimate of drug-likeness (QED) is 0.188. The van der Waals surface area contributed by atoms with Gasteiger partial charge in [0.15, 0.2) is 0 Å². The van der Waals surface area contributed by atoms with Crippen molar-refractivity contribution >= 4 is 92.5 Å². The third-order valence-corrected chi connectivity index (χ3v) is 10.8. The molecule has 12 aromatic rings. The largest absolute Gasteiger partial charge is 0.308 e. The molecule has 226 valence electrons. The summed E-state index contributed by atoms with van der Waals surface area (Å²) in [4.78, 5) is 5.25. The fourth-order valence-electron chi connectivity index (χ4n) is 8.85. The fourth-order valence-corrected chi connectivity index (χ4v) is 8.85. The Kier molecular flexibility index (Phi) is 4.69. The van der Waals surface area contributed by atoms with Gasteiger partial charge in [0.2, 0.25) is 0 Å². The van der Waals surface area contributed by atoms with Gasteiger partial charge in [-0.2, -0.15) is 0 Å². The van der Waals surface area contributed by atoms with Crippen LogP contribution in [-0.4, -0.2) is 18.5 Å². The highest BCUT2D eigenvalue weighted by Crippen LogP contribution is 2.48. The molecule has 0 bridgehead atoms. The molecule has 49 heavy (non-hydrogen) atoms. The van der Waals surface area contributed by atoms with Crippen LogP contribution in [0.5, 0.6) is 0 Å². The molecule has 0 aliphatic heterocycles. The number of aromatic nitrogens is 4. The summed E-state index contributed by atoms with van der Waals surface area (Å²) in [5, 5.41) is 12.6. The van der Waals surface area contributed by atoms with Gasteiger partial charge in [-0.1, -0.05) is 109 Å². The van der Waals surface area contributed by atoms with Crippen LogP contribution < -0.4 is 0 Å². The minimum absolute atomic E-state index is 0.918. The van der Waals surface area contributed by atoms with Crippen molar-refractivity contribution in [3.8, 4) is 11.5 Å². The predicted molar refractivity (Wildman–Crippen MR) is 205 cm³/mol. The molecule has 0 N–H and O–H groups in total. The van der Waals surface area contributed by atoms with E-state index in [1.807, 2.05) is 0 Å². The van der Waals surface area contributed by atoms with E-state index in [2.05, 4.69) is 171 Å². The molecule has 0 spiro atoms. The van der Waals surface area contributed by atoms with Gasteiger partial charge < -0.3 is 8.97 Å². The zero-order valence-corrected chi connectivity index (χ0v) is 26.3. The molecular weight excluding hydrogens is 597 g/mol. The number of para-hydroxylation sites is 4. The number of fused-ring (bicyclic) bond motifs is 15. The van der Waals surface area contributed by atoms with E-state index in [0.29, 0.717) is 0 Å². The number of pyridine rings is 1. The van der Waals surface area contributed by atoms with Gasteiger partial charge in [0.05, 0.1) is 44.8 Å². The van der Waals surface area contributed by atoms with Crippen LogP contribution in [0.25, 0.3) is 104 Å². The summed E-state index contributed by atoms with van der Waals surface area (Å²) in [7, 11) is 0. The molecule has 0 atom stereocenters. The van der Waals surface area contributed by atoms with Crippen molar-refractivity contribution in [1.82, 2.24) is 18.5 Å². The van der Waals surface area contributed by atoms with Crippen molar-refractivity contribution in [1.29, 1.82) is 0 Å². The van der Waals surface area contributed by atoms with Crippen molar-refractivity contribution in [2.45, 2.75) is 0 Å². The van der Waals surface area contributed by atoms with Crippen LogP contribution in [0.3, 0.4) is 0 Å². The van der Waals surface area contributed by atoms with Crippen LogP contribution in [0.15, 0.2) is 158 Å². The first-order chi connectivity index (χ1) is 24.3. The first-order valence-corrected chi connectivity index (χ1v) is 16.8. The van der Waals surface area contributed by atoms with Crippen LogP contribution in [0.1, 0.15) is 0 Å². The van der Waals surface area contributed by atoms with E-state index < -0.39 is 0 Å². The summed E-state index contributed by atoms with van der Waals surface area (Å²) in [6, 6.07) is 55.1. The van der Waals surface area contributed by atoms with E-state index in [-0.39, 0.29) is 0 Å². The highest BCUT2D eigenvalue weighted by molar-refractivity contribution is 6.37. The summed E-state index contributed by atoms with van der Waals surface area (Å²) in [5.41, 5.74) is 9.54. The highest BCUT2D eigenvalue weighted by Gasteiger charge is 2.25. The van der Waals surface area contributed by atoms with E-state index in [4.69, 9.17) is 4.98 Å². The van der Waals surface area contributed by atoms with Crippen LogP contribution in [-0.2, 0) is 0 Å². The zero-order valence-electron chi connectivity index (χ0n) is 26.3. The lowest BCUT2D eigenvalue weighted by molar-refractivity contribution is 1.08. The predicted octanol–water partition coefficient (Wildman–Crippen LogP) is 11.6. The molecule has 7 aromatic carbocycles. The number of benzene rings is 7. The van der Waals surface area contributed by atoms with Gasteiger partial charge in [0.1, 0.15) is 5.82 Å². The Morgan fingerprint density at radius 2 is 1.02 bits per heavy atom. The van der Waals surface area contributed by atoms with Gasteiger partial charge in [-0.15, -0.1) is 0 Å². The maximum absolute atomic E-state index is 5.25. The van der Waals surface area contributed by atoms with E-state index in [1.165, 1.54) is 81.4 Å². The minimum atomic E-state index is 0.918. The highest BCUT2D eigenvalue weighted by atomic mass is 15.1. The second-order valence-corrected chi connectivity index (χ2v) is 13.2. The first-order valence-electron chi connectivity index (χ1n) is 16.8. The fraction of sp³-hybridized carbons (Fsp3) is 0. The molecule has 0 aliphatic rings. The number of rotatable bonds is 2. The topological polar surface area (TPSA) is 27.2 Å². The number of hydrogen-bond acceptors (Lipinski definition) is 1. The minimum Gasteiger partial charge on any atom is -0.308 e. The Balaban J connectivity index is 1.28. The van der Waals surface area contributed by atoms with Crippen LogP contribution >= 0.6 is 0 Å². The zero-order chi connectivity index (χ0) is 31.8. The van der Waals surface area contributed by atoms with Crippen molar-refractivity contribution in [2.75, 3.05) is 0 Å². The Labute approximate surface area is 279 Å². The maximum Gasteiger partial charge on any atom is 0.138 e. The Morgan fingerprint density at radius 1 is 0.367 bits per heavy atom. The van der Waals surface area contributed by atoms with Crippen LogP contribution in [0.2, 0.25) is 0 Å². The Morgan fingerprint density at radius 3 is 1.84 bits per heavy atom. The van der Waals surface area contributed by atoms with E-state index in [9.17, 15) is 0 Å². The van der Waals surface area contributed by atoms with Crippen molar-refractivity contribution in [3.05, 3.63) is 158 Å². The summed E-state index contributed by atoms with van der Waals surface area (Å²) in [6.07, 6.45) is 2.06. The van der Waals surface area contributed by atoms with E-state index in [1.54, 1.807) is 0 Å². The molecule has 0 radical (unpaired) electrons. The van der Waals surface area contributed by atoms with E-state index in [0.717, 1.165) is 22.5 Å². The van der Waals surface area contributed by atoms with Crippen molar-refractivity contribution in [2.24, 2.45) is 0 Å². The lowest BCUT2D eigenvalue weighted by Gasteiger charge is -2.09. The van der Waals surface area contributed by atoms with Crippen LogP contribution in [0, 0.1) is 0 Å². The van der Waals surface area contributed by atoms with E-state index >= 15 is 0 Å². The average Bonchev–Trinajstić information content (AvgIpc) is 3.88. The normalized spacial score (nSPS) is 12.5. The van der Waals surface area contributed by atoms with Crippen LogP contribution in [0.4, 0.5) is 0 Å². The lowest BCUT2D eigenvalue weighted by atomic mass is 10.00. The molecule has 12 rings (SSSR count). The first kappa shape index (κ1) is 25.4. The average molecular weight is 623 g/mol. The molecule has 4 heteroatoms. The summed E-state index contributed by atoms with van der Waals surface area (Å²) in [5.74, 6) is 0.918. The van der Waals surface area contributed by atoms with Gasteiger partial charge in [-0.25, -0.2) is 4.98 Å². The Bertz CT molecular complexity index is 3320. The standard InChI is InChI=1S/C45H26N4/c1-2-13-28(14-3-1)47-36-19-9-6-16-30(36)34-25-41(46-26-40(34)47)48-38-21-11-8-18-32(38)42-39(48)24-35-31-17-7-10-20-37(31)49-44-29-15-5-4-12-27(29)22-23-33(44)43(42)45(35)49/h1-26H. The molecule has 0 aliphatic carbocycles. The maximum atomic E-state index is 5.25. The summed E-state index contributed by atoms with van der Waals surface area (Å²) < 4.78 is 7.24. The SMILES string of the molecule is c1ccc(-n2c3ccccc3c3cc(-n4c5ccccc5c5c6c7ccc8ccccc8c7n7c8ccccc8c(cc54)c67)ncc32)cc1. The third-order valence-electron chi connectivity index (χ3n) is 10.8. The molecule has 0 saturated carbocycles. The monoisotopic (exact) mass is 622 g/mol. The van der Waals surface area contributed by atoms with Gasteiger partial charge in [-0.3, -0.25) is 4.57 Å². The molecular formula is C45H26N4. The van der Waals surface area contributed by atoms with Gasteiger partial charge >= 0.3 is 0 Å². The van der Waals surface area contributed by atoms with Gasteiger partial charge in [-0.05, 0) is 47.9 Å². The lowest BCUT2D eigenvalue weighted by Crippen LogP contribution is -1.98. The van der Waals surface area contributed by atoms with Gasteiger partial charge in [0, 0.05) is 54.2 Å². The molecule has 4 nitrogen and oxygen atoms in total. The Hall–Kier alpha value is -6.65. The molecule has 0 unspecified atom stereocenters. The van der Waals surface area contributed by atoms with Crippen molar-refractivity contribution in [3.63, 3.8) is 0 Å². The number of nitrogens with zero attached hydrogens (tertiary/aromatic N) is 4. The molecule has 5 aromatic heterocycles. The summed E-state index contributed by atoms with van der Waals surface area (Å²) in [6.45, 7) is 0. The van der Waals surface area contributed by atoms with Crippen molar-refractivity contribution < 1.29 is 0 Å². The third kappa shape index (κ3) is 3.12. The second-order valence-electron chi connectivity index (χ2n) is 13.2. The van der Waals surface area contributed by atoms with Gasteiger partial charge in [0.25, 0.3) is 0 Å². The molecule has 5 heterocycles.